The summed E-state index contributed by atoms with van der Waals surface area (Å²) in [6, 6.07) is 7.34. The molecule has 0 aliphatic carbocycles. The van der Waals surface area contributed by atoms with Crippen molar-refractivity contribution in [2.24, 2.45) is 0 Å². The van der Waals surface area contributed by atoms with Crippen molar-refractivity contribution in [2.75, 3.05) is 12.8 Å². The van der Waals surface area contributed by atoms with E-state index in [1.165, 1.54) is 5.38 Å². The van der Waals surface area contributed by atoms with Gasteiger partial charge >= 0.3 is 6.18 Å². The van der Waals surface area contributed by atoms with Crippen LogP contribution in [0.5, 0.6) is 11.5 Å². The largest absolute Gasteiger partial charge is 0.457 e. The molecule has 1 aliphatic rings. The van der Waals surface area contributed by atoms with Crippen molar-refractivity contribution in [1.82, 2.24) is 9.88 Å². The van der Waals surface area contributed by atoms with Gasteiger partial charge in [-0.15, -0.1) is 11.3 Å². The van der Waals surface area contributed by atoms with Crippen molar-refractivity contribution < 1.29 is 35.5 Å². The molecule has 4 rings (SSSR count). The molecule has 0 unspecified atom stereocenters. The maximum atomic E-state index is 13.8. The Balaban J connectivity index is 1.47. The molecule has 1 amide bonds. The number of thiazole rings is 1. The van der Waals surface area contributed by atoms with Crippen LogP contribution in [0, 0.1) is 5.82 Å². The number of ether oxygens (including phenoxy) is 1. The Labute approximate surface area is 190 Å². The zero-order chi connectivity index (χ0) is 24.0. The highest BCUT2D eigenvalue weighted by Crippen LogP contribution is 2.34. The maximum Gasteiger partial charge on any atom is 0.419 e. The molecule has 1 aliphatic heterocycles. The summed E-state index contributed by atoms with van der Waals surface area (Å²) in [4.78, 5) is 18.2. The molecule has 174 valence electrons. The van der Waals surface area contributed by atoms with E-state index >= 15 is 0 Å². The molecule has 0 atom stereocenters. The fourth-order valence-electron chi connectivity index (χ4n) is 3.38. The van der Waals surface area contributed by atoms with Crippen LogP contribution >= 0.6 is 11.3 Å². The Hall–Kier alpha value is -2.99. The summed E-state index contributed by atoms with van der Waals surface area (Å²) in [5.74, 6) is -1.55. The first-order valence-electron chi connectivity index (χ1n) is 9.53. The molecule has 2 aromatic carbocycles. The van der Waals surface area contributed by atoms with Gasteiger partial charge in [-0.3, -0.25) is 4.79 Å². The normalized spacial score (nSPS) is 14.2. The molecule has 33 heavy (non-hydrogen) atoms. The Morgan fingerprint density at radius 3 is 2.45 bits per heavy atom. The number of nitrogens with zero attached hydrogens (tertiary/aromatic N) is 2. The van der Waals surface area contributed by atoms with Gasteiger partial charge < -0.3 is 9.64 Å². The maximum absolute atomic E-state index is 13.8. The number of carbonyl (C=O) groups excluding carboxylic acids is 1. The van der Waals surface area contributed by atoms with E-state index in [2.05, 4.69) is 4.98 Å². The summed E-state index contributed by atoms with van der Waals surface area (Å²) in [6.07, 6.45) is -3.29. The average Bonchev–Trinajstić information content (AvgIpc) is 3.23. The topological polar surface area (TPSA) is 76.6 Å². The number of halogens is 4. The summed E-state index contributed by atoms with van der Waals surface area (Å²) in [5.41, 5.74) is 0.403. The fraction of sp³-hybridized carbons (Fsp3) is 0.238. The van der Waals surface area contributed by atoms with Crippen molar-refractivity contribution in [2.45, 2.75) is 23.5 Å². The summed E-state index contributed by atoms with van der Waals surface area (Å²) in [5, 5.41) is 1.41. The Kier molecular flexibility index (Phi) is 5.91. The van der Waals surface area contributed by atoms with Gasteiger partial charge in [0.05, 0.1) is 5.56 Å². The first kappa shape index (κ1) is 23.2. The lowest BCUT2D eigenvalue weighted by Crippen LogP contribution is -2.36. The lowest BCUT2D eigenvalue weighted by atomic mass is 9.99. The lowest BCUT2D eigenvalue weighted by Gasteiger charge is -2.28. The molecule has 0 saturated carbocycles. The van der Waals surface area contributed by atoms with Crippen LogP contribution in [0.3, 0.4) is 0 Å². The van der Waals surface area contributed by atoms with Crippen molar-refractivity contribution in [1.29, 1.82) is 0 Å². The van der Waals surface area contributed by atoms with E-state index in [-0.39, 0.29) is 28.2 Å². The molecule has 12 heteroatoms. The molecular formula is C21H16F4N2O4S2. The number of aromatic nitrogens is 1. The van der Waals surface area contributed by atoms with Gasteiger partial charge in [0.2, 0.25) is 14.2 Å². The van der Waals surface area contributed by atoms with E-state index in [1.54, 1.807) is 23.1 Å². The third kappa shape index (κ3) is 5.01. The van der Waals surface area contributed by atoms with Gasteiger partial charge in [-0.2, -0.15) is 13.2 Å². The number of fused-ring (bicyclic) bond motifs is 1. The van der Waals surface area contributed by atoms with E-state index in [0.29, 0.717) is 30.8 Å². The number of hydrogen-bond acceptors (Lipinski definition) is 6. The van der Waals surface area contributed by atoms with E-state index in [0.717, 1.165) is 34.8 Å². The van der Waals surface area contributed by atoms with Crippen LogP contribution in [0.2, 0.25) is 0 Å². The van der Waals surface area contributed by atoms with Gasteiger partial charge in [0.1, 0.15) is 23.0 Å². The van der Waals surface area contributed by atoms with Crippen LogP contribution in [0.4, 0.5) is 17.6 Å². The number of hydrogen-bond donors (Lipinski definition) is 0. The second kappa shape index (κ2) is 8.41. The van der Waals surface area contributed by atoms with E-state index in [4.69, 9.17) is 4.74 Å². The highest BCUT2D eigenvalue weighted by molar-refractivity contribution is 7.92. The second-order valence-electron chi connectivity index (χ2n) is 7.42. The fourth-order valence-corrected chi connectivity index (χ4v) is 5.00. The zero-order valence-corrected chi connectivity index (χ0v) is 18.7. The van der Waals surface area contributed by atoms with Gasteiger partial charge in [0.25, 0.3) is 5.91 Å². The van der Waals surface area contributed by atoms with Gasteiger partial charge in [-0.05, 0) is 41.8 Å². The number of benzene rings is 2. The van der Waals surface area contributed by atoms with Crippen LogP contribution < -0.4 is 4.74 Å². The minimum Gasteiger partial charge on any atom is -0.457 e. The van der Waals surface area contributed by atoms with E-state index < -0.39 is 27.4 Å². The van der Waals surface area contributed by atoms with Crippen LogP contribution in [0.1, 0.15) is 27.2 Å². The minimum absolute atomic E-state index is 0.0631. The summed E-state index contributed by atoms with van der Waals surface area (Å²) < 4.78 is 80.5. The monoisotopic (exact) mass is 500 g/mol. The standard InChI is InChI=1S/C21H16F4N2O4S2/c1-33(29,30)20-26-18(11-32-20)19(28)27-7-6-12-8-14(3-2-13(12)10-27)31-15-4-5-16(17(22)9-15)21(23,24)25/h2-5,8-9,11H,6-7,10H2,1H3. The average molecular weight is 500 g/mol. The molecule has 2 heterocycles. The molecular weight excluding hydrogens is 484 g/mol. The van der Waals surface area contributed by atoms with Crippen LogP contribution in [-0.4, -0.2) is 37.0 Å². The second-order valence-corrected chi connectivity index (χ2v) is 10.5. The first-order chi connectivity index (χ1) is 15.4. The van der Waals surface area contributed by atoms with E-state index in [1.807, 2.05) is 0 Å². The van der Waals surface area contributed by atoms with Crippen molar-refractivity contribution in [3.05, 3.63) is 70.0 Å². The number of amides is 1. The molecule has 3 aromatic rings. The molecule has 1 aromatic heterocycles. The van der Waals surface area contributed by atoms with Crippen molar-refractivity contribution in [3.8, 4) is 11.5 Å². The molecule has 0 saturated heterocycles. The summed E-state index contributed by atoms with van der Waals surface area (Å²) in [6.45, 7) is 0.630. The molecule has 0 fully saturated rings. The number of rotatable bonds is 4. The van der Waals surface area contributed by atoms with Crippen molar-refractivity contribution in [3.63, 3.8) is 0 Å². The molecule has 0 bridgehead atoms. The smallest absolute Gasteiger partial charge is 0.419 e. The lowest BCUT2D eigenvalue weighted by molar-refractivity contribution is -0.140. The molecule has 0 spiro atoms. The van der Waals surface area contributed by atoms with E-state index in [9.17, 15) is 30.8 Å². The SMILES string of the molecule is CS(=O)(=O)c1nc(C(=O)N2CCc3cc(Oc4ccc(C(F)(F)F)c(F)c4)ccc3C2)cs1. The van der Waals surface area contributed by atoms with Crippen LogP contribution in [0.25, 0.3) is 0 Å². The van der Waals surface area contributed by atoms with Crippen LogP contribution in [0.15, 0.2) is 46.1 Å². The first-order valence-corrected chi connectivity index (χ1v) is 12.3. The Morgan fingerprint density at radius 1 is 1.12 bits per heavy atom. The number of alkyl halides is 3. The summed E-state index contributed by atoms with van der Waals surface area (Å²) >= 11 is 0.888. The quantitative estimate of drug-likeness (QED) is 0.486. The predicted molar refractivity (Wildman–Crippen MR) is 112 cm³/mol. The predicted octanol–water partition coefficient (Wildman–Crippen LogP) is 4.70. The molecule has 0 N–H and O–H groups in total. The third-order valence-electron chi connectivity index (χ3n) is 4.98. The zero-order valence-electron chi connectivity index (χ0n) is 17.0. The molecule has 0 radical (unpaired) electrons. The Morgan fingerprint density at radius 2 is 1.82 bits per heavy atom. The highest BCUT2D eigenvalue weighted by Gasteiger charge is 2.34. The Bertz CT molecular complexity index is 1340. The van der Waals surface area contributed by atoms with Gasteiger partial charge in [-0.1, -0.05) is 6.07 Å². The van der Waals surface area contributed by atoms with Gasteiger partial charge in [0, 0.05) is 30.8 Å². The van der Waals surface area contributed by atoms with Crippen LogP contribution in [-0.2, 0) is 29.0 Å². The minimum atomic E-state index is -4.79. The van der Waals surface area contributed by atoms with Gasteiger partial charge in [-0.25, -0.2) is 17.8 Å². The third-order valence-corrected chi connectivity index (χ3v) is 7.53. The molecule has 6 nitrogen and oxygen atoms in total. The number of sulfone groups is 1. The summed E-state index contributed by atoms with van der Waals surface area (Å²) in [7, 11) is -3.49. The van der Waals surface area contributed by atoms with Crippen molar-refractivity contribution >= 4 is 27.1 Å². The van der Waals surface area contributed by atoms with Gasteiger partial charge in [0.15, 0.2) is 0 Å². The highest BCUT2D eigenvalue weighted by atomic mass is 32.2. The number of carbonyl (C=O) groups is 1.